The average molecular weight is 231 g/mol. The minimum Gasteiger partial charge on any atom is -0.326 e. The van der Waals surface area contributed by atoms with Crippen molar-refractivity contribution in [2.45, 2.75) is 6.42 Å². The molecule has 0 saturated heterocycles. The Hall–Kier alpha value is -2.30. The summed E-state index contributed by atoms with van der Waals surface area (Å²) in [5, 5.41) is 10.5. The molecule has 5 nitrogen and oxygen atoms in total. The molecule has 0 amide bonds. The van der Waals surface area contributed by atoms with Gasteiger partial charge in [0.25, 0.3) is 5.69 Å². The van der Waals surface area contributed by atoms with Gasteiger partial charge in [-0.05, 0) is 24.1 Å². The lowest BCUT2D eigenvalue weighted by atomic mass is 10.1. The number of non-ortho nitro benzene ring substituents is 1. The summed E-state index contributed by atoms with van der Waals surface area (Å²) in [6.45, 7) is 0.784. The van der Waals surface area contributed by atoms with Gasteiger partial charge in [-0.3, -0.25) is 14.8 Å². The molecule has 88 valence electrons. The third-order valence-electron chi connectivity index (χ3n) is 2.46. The Morgan fingerprint density at radius 3 is 2.41 bits per heavy atom. The number of nitrogens with one attached hydrogen (secondary N) is 1. The van der Waals surface area contributed by atoms with Crippen LogP contribution in [-0.2, 0) is 6.42 Å². The van der Waals surface area contributed by atoms with Gasteiger partial charge in [0.15, 0.2) is 0 Å². The number of nitro groups is 1. The molecule has 0 aliphatic carbocycles. The van der Waals surface area contributed by atoms with Crippen molar-refractivity contribution < 1.29 is 4.92 Å². The summed E-state index contributed by atoms with van der Waals surface area (Å²) in [7, 11) is 0. The monoisotopic (exact) mass is 231 g/mol. The number of nitro benzene ring substituents is 1. The summed E-state index contributed by atoms with van der Waals surface area (Å²) in [6.07, 6.45) is 4.68. The fraction of sp³-hybridized carbons (Fsp3) is 0.167. The lowest BCUT2D eigenvalue weighted by Crippen LogP contribution is -2.15. The molecule has 5 heteroatoms. The molecule has 17 heavy (non-hydrogen) atoms. The summed E-state index contributed by atoms with van der Waals surface area (Å²) in [4.78, 5) is 10.1. The average Bonchev–Trinajstić information content (AvgIpc) is 2.83. The summed E-state index contributed by atoms with van der Waals surface area (Å²) < 4.78 is 1.88. The molecule has 0 bridgehead atoms. The highest BCUT2D eigenvalue weighted by atomic mass is 16.6. The maximum atomic E-state index is 10.5. The highest BCUT2D eigenvalue weighted by molar-refractivity contribution is 5.33. The maximum Gasteiger partial charge on any atom is 0.269 e. The fourth-order valence-corrected chi connectivity index (χ4v) is 1.55. The van der Waals surface area contributed by atoms with Crippen LogP contribution >= 0.6 is 0 Å². The smallest absolute Gasteiger partial charge is 0.269 e. The molecule has 1 N–H and O–H groups in total. The molecular weight excluding hydrogens is 218 g/mol. The molecule has 0 unspecified atom stereocenters. The highest BCUT2D eigenvalue weighted by Gasteiger charge is 2.03. The van der Waals surface area contributed by atoms with Crippen molar-refractivity contribution in [3.05, 3.63) is 64.5 Å². The number of hydrogen-bond donors (Lipinski definition) is 1. The zero-order chi connectivity index (χ0) is 12.1. The van der Waals surface area contributed by atoms with Crippen LogP contribution in [-0.4, -0.2) is 16.1 Å². The topological polar surface area (TPSA) is 60.1 Å². The maximum absolute atomic E-state index is 10.5. The Bertz CT molecular complexity index is 477. The molecule has 0 atom stereocenters. The molecule has 0 spiro atoms. The van der Waals surface area contributed by atoms with Crippen molar-refractivity contribution in [1.82, 2.24) is 4.68 Å². The van der Waals surface area contributed by atoms with E-state index in [-0.39, 0.29) is 10.6 Å². The number of rotatable bonds is 5. The van der Waals surface area contributed by atoms with Gasteiger partial charge >= 0.3 is 0 Å². The first kappa shape index (κ1) is 11.2. The Morgan fingerprint density at radius 2 is 1.82 bits per heavy atom. The molecule has 0 aliphatic heterocycles. The van der Waals surface area contributed by atoms with Crippen LogP contribution in [0.15, 0.2) is 48.8 Å². The van der Waals surface area contributed by atoms with Gasteiger partial charge in [0.05, 0.1) is 4.92 Å². The molecule has 0 aliphatic rings. The van der Waals surface area contributed by atoms with Crippen LogP contribution in [0.1, 0.15) is 5.56 Å². The first-order chi connectivity index (χ1) is 8.25. The normalized spacial score (nSPS) is 10.1. The number of benzene rings is 1. The van der Waals surface area contributed by atoms with E-state index in [2.05, 4.69) is 5.43 Å². The molecule has 1 heterocycles. The first-order valence-electron chi connectivity index (χ1n) is 5.36. The van der Waals surface area contributed by atoms with E-state index in [1.54, 1.807) is 12.1 Å². The molecule has 1 aromatic heterocycles. The van der Waals surface area contributed by atoms with Crippen molar-refractivity contribution in [2.24, 2.45) is 0 Å². The van der Waals surface area contributed by atoms with E-state index in [4.69, 9.17) is 0 Å². The Labute approximate surface area is 98.8 Å². The first-order valence-corrected chi connectivity index (χ1v) is 5.36. The molecule has 1 aromatic carbocycles. The quantitative estimate of drug-likeness (QED) is 0.633. The van der Waals surface area contributed by atoms with Gasteiger partial charge in [0, 0.05) is 31.1 Å². The minimum atomic E-state index is -0.387. The summed E-state index contributed by atoms with van der Waals surface area (Å²) >= 11 is 0. The Kier molecular flexibility index (Phi) is 3.40. The number of hydrogen-bond acceptors (Lipinski definition) is 3. The van der Waals surface area contributed by atoms with Gasteiger partial charge in [-0.2, -0.15) is 0 Å². The van der Waals surface area contributed by atoms with Crippen LogP contribution in [0.4, 0.5) is 5.69 Å². The Balaban J connectivity index is 1.85. The largest absolute Gasteiger partial charge is 0.326 e. The van der Waals surface area contributed by atoms with E-state index in [0.29, 0.717) is 0 Å². The zero-order valence-electron chi connectivity index (χ0n) is 9.24. The second-order valence-corrected chi connectivity index (χ2v) is 3.67. The second-order valence-electron chi connectivity index (χ2n) is 3.67. The highest BCUT2D eigenvalue weighted by Crippen LogP contribution is 2.11. The van der Waals surface area contributed by atoms with E-state index < -0.39 is 0 Å². The van der Waals surface area contributed by atoms with Gasteiger partial charge in [-0.1, -0.05) is 12.1 Å². The lowest BCUT2D eigenvalue weighted by Gasteiger charge is -2.06. The van der Waals surface area contributed by atoms with Crippen LogP contribution < -0.4 is 5.43 Å². The number of aromatic nitrogens is 1. The predicted molar refractivity (Wildman–Crippen MR) is 65.5 cm³/mol. The van der Waals surface area contributed by atoms with E-state index in [1.807, 2.05) is 29.2 Å². The van der Waals surface area contributed by atoms with Crippen LogP contribution in [0, 0.1) is 10.1 Å². The minimum absolute atomic E-state index is 0.132. The van der Waals surface area contributed by atoms with Gasteiger partial charge < -0.3 is 5.43 Å². The Morgan fingerprint density at radius 1 is 1.18 bits per heavy atom. The molecule has 0 fully saturated rings. The number of nitrogens with zero attached hydrogens (tertiary/aromatic N) is 2. The van der Waals surface area contributed by atoms with Gasteiger partial charge in [0.2, 0.25) is 0 Å². The van der Waals surface area contributed by atoms with Crippen LogP contribution in [0.2, 0.25) is 0 Å². The lowest BCUT2D eigenvalue weighted by molar-refractivity contribution is -0.384. The van der Waals surface area contributed by atoms with Crippen molar-refractivity contribution in [2.75, 3.05) is 12.0 Å². The van der Waals surface area contributed by atoms with E-state index in [1.165, 1.54) is 12.1 Å². The molecular formula is C12H13N3O2. The third kappa shape index (κ3) is 3.07. The van der Waals surface area contributed by atoms with Crippen molar-refractivity contribution in [1.29, 1.82) is 0 Å². The molecule has 2 aromatic rings. The second kappa shape index (κ2) is 5.16. The van der Waals surface area contributed by atoms with E-state index >= 15 is 0 Å². The van der Waals surface area contributed by atoms with Crippen molar-refractivity contribution in [3.63, 3.8) is 0 Å². The summed E-state index contributed by atoms with van der Waals surface area (Å²) in [5.74, 6) is 0. The third-order valence-corrected chi connectivity index (χ3v) is 2.46. The predicted octanol–water partition coefficient (Wildman–Crippen LogP) is 2.18. The van der Waals surface area contributed by atoms with Gasteiger partial charge in [-0.15, -0.1) is 0 Å². The van der Waals surface area contributed by atoms with Gasteiger partial charge in [-0.25, -0.2) is 0 Å². The molecule has 0 radical (unpaired) electrons. The SMILES string of the molecule is O=[N+]([O-])c1ccc(CCNn2cccc2)cc1. The van der Waals surface area contributed by atoms with Crippen molar-refractivity contribution in [3.8, 4) is 0 Å². The van der Waals surface area contributed by atoms with Crippen molar-refractivity contribution >= 4 is 5.69 Å². The van der Waals surface area contributed by atoms with E-state index in [0.717, 1.165) is 18.5 Å². The molecule has 0 saturated carbocycles. The zero-order valence-corrected chi connectivity index (χ0v) is 9.24. The van der Waals surface area contributed by atoms with Crippen LogP contribution in [0.25, 0.3) is 0 Å². The van der Waals surface area contributed by atoms with Gasteiger partial charge in [0.1, 0.15) is 0 Å². The van der Waals surface area contributed by atoms with Crippen LogP contribution in [0.5, 0.6) is 0 Å². The fourth-order valence-electron chi connectivity index (χ4n) is 1.55. The summed E-state index contributed by atoms with van der Waals surface area (Å²) in [5.41, 5.74) is 4.40. The standard InChI is InChI=1S/C12H13N3O2/c16-15(17)12-5-3-11(4-6-12)7-8-13-14-9-1-2-10-14/h1-6,9-10,13H,7-8H2. The molecule has 2 rings (SSSR count). The van der Waals surface area contributed by atoms with E-state index in [9.17, 15) is 10.1 Å². The van der Waals surface area contributed by atoms with Crippen LogP contribution in [0.3, 0.4) is 0 Å². The summed E-state index contributed by atoms with van der Waals surface area (Å²) in [6, 6.07) is 10.5.